The van der Waals surface area contributed by atoms with Crippen molar-refractivity contribution in [2.24, 2.45) is 0 Å². The van der Waals surface area contributed by atoms with E-state index >= 15 is 0 Å². The molecule has 3 aromatic carbocycles. The summed E-state index contributed by atoms with van der Waals surface area (Å²) in [5.74, 6) is 1.02. The highest BCUT2D eigenvalue weighted by atomic mass is 16.5. The van der Waals surface area contributed by atoms with Crippen molar-refractivity contribution in [2.45, 2.75) is 20.3 Å². The van der Waals surface area contributed by atoms with Gasteiger partial charge in [0.1, 0.15) is 11.5 Å². The first-order valence-corrected chi connectivity index (χ1v) is 11.1. The fraction of sp³-hybridized carbons (Fsp3) is 0.214. The molecule has 0 atom stereocenters. The Bertz CT molecular complexity index is 1290. The largest absolute Gasteiger partial charge is 0.493 e. The first kappa shape index (κ1) is 23.9. The number of ether oxygens (including phenoxy) is 5. The number of esters is 1. The number of allylic oxidation sites excluding steroid dienone is 1. The van der Waals surface area contributed by atoms with E-state index in [-0.39, 0.29) is 22.9 Å². The first-order chi connectivity index (χ1) is 16.9. The molecule has 1 heterocycles. The van der Waals surface area contributed by atoms with Gasteiger partial charge in [-0.1, -0.05) is 31.2 Å². The molecule has 0 N–H and O–H groups in total. The molecule has 180 valence electrons. The summed E-state index contributed by atoms with van der Waals surface area (Å²) in [5.41, 5.74) is 3.39. The van der Waals surface area contributed by atoms with Gasteiger partial charge in [-0.25, -0.2) is 4.79 Å². The Morgan fingerprint density at radius 3 is 2.17 bits per heavy atom. The standard InChI is InChI=1S/C28H26O7/c1-6-17-7-9-18(10-8-17)12-22-26(29)25-16(2)11-20(15-21(25)35-22)34-28(30)19-13-23(31-3)27(33-5)24(14-19)32-4/h7-15H,6H2,1-5H3/b22-12-. The van der Waals surface area contributed by atoms with Crippen LogP contribution < -0.4 is 23.7 Å². The molecule has 0 aromatic heterocycles. The molecule has 0 fully saturated rings. The zero-order valence-corrected chi connectivity index (χ0v) is 20.3. The van der Waals surface area contributed by atoms with Crippen LogP contribution in [0.15, 0.2) is 54.3 Å². The minimum absolute atomic E-state index is 0.209. The van der Waals surface area contributed by atoms with Crippen LogP contribution in [0, 0.1) is 6.92 Å². The Morgan fingerprint density at radius 1 is 0.943 bits per heavy atom. The maximum Gasteiger partial charge on any atom is 0.343 e. The lowest BCUT2D eigenvalue weighted by molar-refractivity contribution is 0.0733. The molecule has 4 rings (SSSR count). The Kier molecular flexibility index (Phi) is 6.78. The van der Waals surface area contributed by atoms with Crippen molar-refractivity contribution in [3.8, 4) is 28.7 Å². The van der Waals surface area contributed by atoms with Gasteiger partial charge >= 0.3 is 5.97 Å². The summed E-state index contributed by atoms with van der Waals surface area (Å²) in [6.07, 6.45) is 2.65. The summed E-state index contributed by atoms with van der Waals surface area (Å²) in [5, 5.41) is 0. The number of carbonyl (C=O) groups is 2. The van der Waals surface area contributed by atoms with Gasteiger partial charge in [-0.15, -0.1) is 0 Å². The lowest BCUT2D eigenvalue weighted by atomic mass is 10.0. The molecular weight excluding hydrogens is 448 g/mol. The van der Waals surface area contributed by atoms with Crippen LogP contribution in [-0.4, -0.2) is 33.1 Å². The van der Waals surface area contributed by atoms with Gasteiger partial charge < -0.3 is 23.7 Å². The molecule has 35 heavy (non-hydrogen) atoms. The SMILES string of the molecule is CCc1ccc(/C=C2\Oc3cc(OC(=O)c4cc(OC)c(OC)c(OC)c4)cc(C)c3C2=O)cc1. The third kappa shape index (κ3) is 4.71. The highest BCUT2D eigenvalue weighted by Crippen LogP contribution is 2.40. The topological polar surface area (TPSA) is 80.3 Å². The number of fused-ring (bicyclic) bond motifs is 1. The number of rotatable bonds is 7. The molecule has 7 nitrogen and oxygen atoms in total. The molecule has 0 spiro atoms. The number of hydrogen-bond donors (Lipinski definition) is 0. The van der Waals surface area contributed by atoms with Crippen LogP contribution >= 0.6 is 0 Å². The second-order valence-electron chi connectivity index (χ2n) is 7.95. The fourth-order valence-corrected chi connectivity index (χ4v) is 3.90. The first-order valence-electron chi connectivity index (χ1n) is 11.1. The number of methoxy groups -OCH3 is 3. The molecule has 1 aliphatic rings. The Morgan fingerprint density at radius 2 is 1.60 bits per heavy atom. The minimum Gasteiger partial charge on any atom is -0.493 e. The monoisotopic (exact) mass is 474 g/mol. The van der Waals surface area contributed by atoms with Crippen molar-refractivity contribution in [2.75, 3.05) is 21.3 Å². The van der Waals surface area contributed by atoms with E-state index in [1.54, 1.807) is 19.1 Å². The average molecular weight is 475 g/mol. The molecule has 0 bridgehead atoms. The van der Waals surface area contributed by atoms with E-state index in [9.17, 15) is 9.59 Å². The predicted octanol–water partition coefficient (Wildman–Crippen LogP) is 5.42. The van der Waals surface area contributed by atoms with Crippen LogP contribution in [0.2, 0.25) is 0 Å². The van der Waals surface area contributed by atoms with E-state index in [0.717, 1.165) is 12.0 Å². The van der Waals surface area contributed by atoms with Crippen LogP contribution in [0.5, 0.6) is 28.7 Å². The van der Waals surface area contributed by atoms with E-state index in [2.05, 4.69) is 6.92 Å². The van der Waals surface area contributed by atoms with E-state index in [0.29, 0.717) is 34.1 Å². The van der Waals surface area contributed by atoms with Crippen molar-refractivity contribution in [1.29, 1.82) is 0 Å². The van der Waals surface area contributed by atoms with Gasteiger partial charge in [-0.05, 0) is 54.3 Å². The van der Waals surface area contributed by atoms with E-state index in [1.807, 2.05) is 24.3 Å². The zero-order valence-electron chi connectivity index (χ0n) is 20.3. The van der Waals surface area contributed by atoms with E-state index < -0.39 is 5.97 Å². The maximum atomic E-state index is 13.0. The molecule has 0 aliphatic carbocycles. The van der Waals surface area contributed by atoms with Gasteiger partial charge in [0, 0.05) is 6.07 Å². The molecule has 0 radical (unpaired) electrons. The summed E-state index contributed by atoms with van der Waals surface area (Å²) in [6, 6.07) is 14.1. The number of carbonyl (C=O) groups excluding carboxylic acids is 2. The molecule has 0 amide bonds. The van der Waals surface area contributed by atoms with Crippen molar-refractivity contribution in [1.82, 2.24) is 0 Å². The highest BCUT2D eigenvalue weighted by Gasteiger charge is 2.30. The predicted molar refractivity (Wildman–Crippen MR) is 131 cm³/mol. The second kappa shape index (κ2) is 9.93. The molecule has 0 saturated carbocycles. The maximum absolute atomic E-state index is 13.0. The van der Waals surface area contributed by atoms with Gasteiger partial charge in [-0.2, -0.15) is 0 Å². The third-order valence-electron chi connectivity index (χ3n) is 5.74. The number of aryl methyl sites for hydroxylation is 2. The second-order valence-corrected chi connectivity index (χ2v) is 7.95. The number of hydrogen-bond acceptors (Lipinski definition) is 7. The quantitative estimate of drug-likeness (QED) is 0.257. The summed E-state index contributed by atoms with van der Waals surface area (Å²) < 4.78 is 27.4. The van der Waals surface area contributed by atoms with Crippen LogP contribution in [0.4, 0.5) is 0 Å². The Hall–Kier alpha value is -4.26. The number of benzene rings is 3. The van der Waals surface area contributed by atoms with Gasteiger partial charge in [0.15, 0.2) is 17.3 Å². The molecule has 7 heteroatoms. The van der Waals surface area contributed by atoms with Crippen molar-refractivity contribution >= 4 is 17.8 Å². The fourth-order valence-electron chi connectivity index (χ4n) is 3.90. The van der Waals surface area contributed by atoms with Crippen molar-refractivity contribution in [3.05, 3.63) is 82.1 Å². The van der Waals surface area contributed by atoms with Crippen LogP contribution in [-0.2, 0) is 6.42 Å². The summed E-state index contributed by atoms with van der Waals surface area (Å²) in [4.78, 5) is 25.9. The van der Waals surface area contributed by atoms with Crippen molar-refractivity contribution in [3.63, 3.8) is 0 Å². The van der Waals surface area contributed by atoms with Gasteiger partial charge in [0.05, 0.1) is 32.5 Å². The van der Waals surface area contributed by atoms with Gasteiger partial charge in [0.2, 0.25) is 11.5 Å². The number of Topliss-reactive ketones (excluding diaryl/α,β-unsaturated/α-hetero) is 1. The molecular formula is C28H26O7. The molecule has 3 aromatic rings. The summed E-state index contributed by atoms with van der Waals surface area (Å²) in [6.45, 7) is 3.86. The third-order valence-corrected chi connectivity index (χ3v) is 5.74. The minimum atomic E-state index is -0.625. The van der Waals surface area contributed by atoms with Crippen LogP contribution in [0.25, 0.3) is 6.08 Å². The van der Waals surface area contributed by atoms with E-state index in [4.69, 9.17) is 23.7 Å². The molecule has 0 unspecified atom stereocenters. The van der Waals surface area contributed by atoms with Crippen molar-refractivity contribution < 1.29 is 33.3 Å². The Balaban J connectivity index is 1.59. The molecule has 1 aliphatic heterocycles. The smallest absolute Gasteiger partial charge is 0.343 e. The van der Waals surface area contributed by atoms with Gasteiger partial charge in [-0.3, -0.25) is 4.79 Å². The van der Waals surface area contributed by atoms with Crippen LogP contribution in [0.1, 0.15) is 44.3 Å². The highest BCUT2D eigenvalue weighted by molar-refractivity contribution is 6.15. The molecule has 0 saturated heterocycles. The van der Waals surface area contributed by atoms with Crippen LogP contribution in [0.3, 0.4) is 0 Å². The zero-order chi connectivity index (χ0) is 25.1. The average Bonchev–Trinajstić information content (AvgIpc) is 3.18. The number of ketones is 1. The lowest BCUT2D eigenvalue weighted by Gasteiger charge is -2.14. The summed E-state index contributed by atoms with van der Waals surface area (Å²) in [7, 11) is 4.41. The van der Waals surface area contributed by atoms with E-state index in [1.165, 1.54) is 45.1 Å². The lowest BCUT2D eigenvalue weighted by Crippen LogP contribution is -2.10. The van der Waals surface area contributed by atoms with Gasteiger partial charge in [0.25, 0.3) is 0 Å². The summed E-state index contributed by atoms with van der Waals surface area (Å²) >= 11 is 0. The Labute approximate surface area is 203 Å². The normalized spacial score (nSPS) is 13.3.